The minimum absolute atomic E-state index is 0.309. The average molecular weight is 421 g/mol. The maximum atomic E-state index is 13.5. The smallest absolute Gasteiger partial charge is 0.230 e. The quantitative estimate of drug-likeness (QED) is 0.666. The van der Waals surface area contributed by atoms with Crippen molar-refractivity contribution < 1.29 is 4.79 Å². The average Bonchev–Trinajstić information content (AvgIpc) is 2.99. The van der Waals surface area contributed by atoms with Crippen molar-refractivity contribution in [2.75, 3.05) is 31.1 Å². The van der Waals surface area contributed by atoms with Crippen molar-refractivity contribution in [2.45, 2.75) is 51.0 Å². The Kier molecular flexibility index (Phi) is 5.71. The van der Waals surface area contributed by atoms with Gasteiger partial charge in [0, 0.05) is 37.8 Å². The number of likely N-dealkylation sites (tertiary alicyclic amines) is 1. The SMILES string of the molecule is [C-]#[N+]CC1CCC(N2CC[C@@]3(CCCN(c4ncc(Cl)cc4Cl)C3)C2=O)CC1. The Hall–Kier alpha value is -1.51. The van der Waals surface area contributed by atoms with E-state index in [1.807, 2.05) is 0 Å². The zero-order valence-electron chi connectivity index (χ0n) is 16.0. The van der Waals surface area contributed by atoms with Gasteiger partial charge in [-0.1, -0.05) is 23.2 Å². The molecule has 5 nitrogen and oxygen atoms in total. The lowest BCUT2D eigenvalue weighted by molar-refractivity contribution is -0.139. The van der Waals surface area contributed by atoms with Crippen LogP contribution in [0, 0.1) is 17.9 Å². The maximum Gasteiger partial charge on any atom is 0.230 e. The van der Waals surface area contributed by atoms with Crippen LogP contribution in [-0.4, -0.2) is 48.0 Å². The first kappa shape index (κ1) is 19.8. The monoisotopic (exact) mass is 420 g/mol. The van der Waals surface area contributed by atoms with Crippen LogP contribution in [0.25, 0.3) is 4.85 Å². The Morgan fingerprint density at radius 2 is 2.00 bits per heavy atom. The third-order valence-corrected chi connectivity index (χ3v) is 7.30. The van der Waals surface area contributed by atoms with E-state index in [0.717, 1.165) is 63.9 Å². The molecule has 3 aliphatic rings. The molecule has 1 aliphatic carbocycles. The number of hydrogen-bond acceptors (Lipinski definition) is 3. The predicted octanol–water partition coefficient (Wildman–Crippen LogP) is 4.69. The van der Waals surface area contributed by atoms with Gasteiger partial charge in [0.2, 0.25) is 12.5 Å². The lowest BCUT2D eigenvalue weighted by atomic mass is 9.78. The van der Waals surface area contributed by atoms with Crippen molar-refractivity contribution in [2.24, 2.45) is 11.3 Å². The summed E-state index contributed by atoms with van der Waals surface area (Å²) in [5.74, 6) is 1.57. The lowest BCUT2D eigenvalue weighted by Crippen LogP contribution is -2.50. The molecule has 1 spiro atoms. The number of halogens is 2. The fourth-order valence-corrected chi connectivity index (χ4v) is 5.80. The van der Waals surface area contributed by atoms with Gasteiger partial charge >= 0.3 is 0 Å². The van der Waals surface area contributed by atoms with E-state index in [-0.39, 0.29) is 5.41 Å². The number of anilines is 1. The fraction of sp³-hybridized carbons (Fsp3) is 0.667. The Balaban J connectivity index is 1.45. The van der Waals surface area contributed by atoms with Gasteiger partial charge in [0.05, 0.1) is 15.5 Å². The Morgan fingerprint density at radius 3 is 2.71 bits per heavy atom. The Morgan fingerprint density at radius 1 is 1.21 bits per heavy atom. The Labute approximate surface area is 176 Å². The second kappa shape index (κ2) is 8.08. The van der Waals surface area contributed by atoms with Crippen molar-refractivity contribution in [3.63, 3.8) is 0 Å². The first-order valence-electron chi connectivity index (χ1n) is 10.2. The van der Waals surface area contributed by atoms with Crippen LogP contribution in [0.3, 0.4) is 0 Å². The summed E-state index contributed by atoms with van der Waals surface area (Å²) in [5, 5.41) is 1.07. The van der Waals surface area contributed by atoms with Crippen molar-refractivity contribution in [1.29, 1.82) is 0 Å². The zero-order chi connectivity index (χ0) is 19.7. The molecule has 3 heterocycles. The van der Waals surface area contributed by atoms with E-state index in [1.165, 1.54) is 0 Å². The van der Waals surface area contributed by atoms with Gasteiger partial charge in [-0.2, -0.15) is 0 Å². The molecule has 0 radical (unpaired) electrons. The van der Waals surface area contributed by atoms with Crippen LogP contribution in [0.4, 0.5) is 5.82 Å². The molecule has 0 N–H and O–H groups in total. The summed E-state index contributed by atoms with van der Waals surface area (Å²) < 4.78 is 0. The van der Waals surface area contributed by atoms with Crippen LogP contribution in [0.15, 0.2) is 12.3 Å². The number of hydrogen-bond donors (Lipinski definition) is 0. The number of piperidine rings is 1. The number of carbonyl (C=O) groups is 1. The third kappa shape index (κ3) is 3.69. The van der Waals surface area contributed by atoms with E-state index in [1.54, 1.807) is 12.3 Å². The molecule has 3 fully saturated rings. The zero-order valence-corrected chi connectivity index (χ0v) is 17.6. The molecule has 0 bridgehead atoms. The predicted molar refractivity (Wildman–Crippen MR) is 112 cm³/mol. The first-order chi connectivity index (χ1) is 13.5. The highest BCUT2D eigenvalue weighted by atomic mass is 35.5. The number of pyridine rings is 1. The van der Waals surface area contributed by atoms with Crippen LogP contribution < -0.4 is 4.90 Å². The summed E-state index contributed by atoms with van der Waals surface area (Å²) in [6, 6.07) is 2.07. The molecule has 2 saturated heterocycles. The van der Waals surface area contributed by atoms with Gasteiger partial charge in [0.1, 0.15) is 5.82 Å². The molecule has 2 aliphatic heterocycles. The number of aromatic nitrogens is 1. The van der Waals surface area contributed by atoms with Gasteiger partial charge in [0.25, 0.3) is 0 Å². The Bertz CT molecular complexity index is 787. The van der Waals surface area contributed by atoms with Gasteiger partial charge in [-0.05, 0) is 51.0 Å². The number of carbonyl (C=O) groups excluding carboxylic acids is 1. The standard InChI is InChI=1S/C21H26Cl2N4O/c1-24-12-15-3-5-17(6-4-15)27-10-8-21(20(27)28)7-2-9-26(14-21)19-18(23)11-16(22)13-25-19/h11,13,15,17H,2-10,12,14H2/t15?,17?,21-/m1/s1. The van der Waals surface area contributed by atoms with Crippen molar-refractivity contribution in [3.8, 4) is 0 Å². The van der Waals surface area contributed by atoms with Crippen molar-refractivity contribution in [1.82, 2.24) is 9.88 Å². The number of amides is 1. The first-order valence-corrected chi connectivity index (χ1v) is 11.0. The molecule has 0 aromatic carbocycles. The molecule has 1 aromatic heterocycles. The second-order valence-corrected chi connectivity index (χ2v) is 9.37. The largest absolute Gasteiger partial charge is 0.354 e. The highest BCUT2D eigenvalue weighted by Crippen LogP contribution is 2.44. The van der Waals surface area contributed by atoms with E-state index in [0.29, 0.717) is 41.0 Å². The minimum Gasteiger partial charge on any atom is -0.354 e. The molecule has 28 heavy (non-hydrogen) atoms. The summed E-state index contributed by atoms with van der Waals surface area (Å²) in [4.78, 5) is 25.8. The van der Waals surface area contributed by atoms with Crippen LogP contribution in [0.2, 0.25) is 10.0 Å². The maximum absolute atomic E-state index is 13.5. The van der Waals surface area contributed by atoms with Crippen LogP contribution >= 0.6 is 23.2 Å². The van der Waals surface area contributed by atoms with E-state index in [2.05, 4.69) is 19.6 Å². The van der Waals surface area contributed by atoms with Crippen LogP contribution in [-0.2, 0) is 4.79 Å². The van der Waals surface area contributed by atoms with Gasteiger partial charge in [-0.25, -0.2) is 11.6 Å². The normalized spacial score (nSPS) is 30.7. The number of nitrogens with zero attached hydrogens (tertiary/aromatic N) is 4. The summed E-state index contributed by atoms with van der Waals surface area (Å²) >= 11 is 12.4. The summed E-state index contributed by atoms with van der Waals surface area (Å²) in [7, 11) is 0. The number of rotatable bonds is 3. The molecule has 7 heteroatoms. The summed E-state index contributed by atoms with van der Waals surface area (Å²) in [6.07, 6.45) is 8.66. The third-order valence-electron chi connectivity index (χ3n) is 6.82. The molecule has 1 amide bonds. The molecule has 4 rings (SSSR count). The van der Waals surface area contributed by atoms with Gasteiger partial charge in [0.15, 0.2) is 0 Å². The minimum atomic E-state index is -0.309. The fourth-order valence-electron chi connectivity index (χ4n) is 5.30. The second-order valence-electron chi connectivity index (χ2n) is 8.53. The summed E-state index contributed by atoms with van der Waals surface area (Å²) in [6.45, 7) is 10.1. The molecule has 0 unspecified atom stereocenters. The molecular weight excluding hydrogens is 395 g/mol. The van der Waals surface area contributed by atoms with Gasteiger partial charge in [-0.15, -0.1) is 0 Å². The van der Waals surface area contributed by atoms with E-state index >= 15 is 0 Å². The van der Waals surface area contributed by atoms with E-state index in [4.69, 9.17) is 29.8 Å². The molecule has 1 saturated carbocycles. The van der Waals surface area contributed by atoms with Crippen molar-refractivity contribution >= 4 is 34.9 Å². The van der Waals surface area contributed by atoms with Gasteiger partial charge in [-0.3, -0.25) is 4.79 Å². The topological polar surface area (TPSA) is 40.8 Å². The highest BCUT2D eigenvalue weighted by molar-refractivity contribution is 6.36. The molecular formula is C21H26Cl2N4O. The van der Waals surface area contributed by atoms with Crippen LogP contribution in [0.1, 0.15) is 44.9 Å². The van der Waals surface area contributed by atoms with E-state index < -0.39 is 0 Å². The molecule has 150 valence electrons. The lowest BCUT2D eigenvalue weighted by Gasteiger charge is -2.41. The molecule has 1 aromatic rings. The van der Waals surface area contributed by atoms with Crippen molar-refractivity contribution in [3.05, 3.63) is 33.7 Å². The van der Waals surface area contributed by atoms with Gasteiger partial charge < -0.3 is 14.6 Å². The van der Waals surface area contributed by atoms with E-state index in [9.17, 15) is 4.79 Å². The highest BCUT2D eigenvalue weighted by Gasteiger charge is 2.51. The van der Waals surface area contributed by atoms with Crippen LogP contribution in [0.5, 0.6) is 0 Å². The molecule has 1 atom stereocenters. The summed E-state index contributed by atoms with van der Waals surface area (Å²) in [5.41, 5.74) is -0.309.